The highest BCUT2D eigenvalue weighted by Crippen LogP contribution is 2.26. The van der Waals surface area contributed by atoms with Crippen LogP contribution in [0.15, 0.2) is 67.1 Å². The van der Waals surface area contributed by atoms with Crippen LogP contribution in [0.5, 0.6) is 11.6 Å². The Morgan fingerprint density at radius 2 is 1.83 bits per heavy atom. The van der Waals surface area contributed by atoms with Crippen molar-refractivity contribution in [1.82, 2.24) is 15.0 Å². The molecule has 3 heterocycles. The maximum absolute atomic E-state index is 5.91. The van der Waals surface area contributed by atoms with Gasteiger partial charge in [0.05, 0.1) is 13.2 Å². The summed E-state index contributed by atoms with van der Waals surface area (Å²) in [6.45, 7) is 3.41. The maximum Gasteiger partial charge on any atom is 0.224 e. The molecule has 1 saturated heterocycles. The number of hydrogen-bond acceptors (Lipinski definition) is 6. The molecular formula is C22H21N5O2. The van der Waals surface area contributed by atoms with E-state index in [0.717, 1.165) is 48.6 Å². The van der Waals surface area contributed by atoms with Gasteiger partial charge in [-0.05, 0) is 48.5 Å². The fraction of sp³-hybridized carbons (Fsp3) is 0.182. The van der Waals surface area contributed by atoms with Crippen LogP contribution < -0.4 is 15.0 Å². The number of aromatic nitrogens is 3. The van der Waals surface area contributed by atoms with E-state index in [0.29, 0.717) is 11.7 Å². The minimum Gasteiger partial charge on any atom is -0.439 e. The van der Waals surface area contributed by atoms with Crippen molar-refractivity contribution in [3.05, 3.63) is 67.1 Å². The van der Waals surface area contributed by atoms with Crippen molar-refractivity contribution in [2.75, 3.05) is 36.5 Å². The van der Waals surface area contributed by atoms with Gasteiger partial charge in [0.1, 0.15) is 17.9 Å². The summed E-state index contributed by atoms with van der Waals surface area (Å²) in [5.41, 5.74) is 3.23. The predicted octanol–water partition coefficient (Wildman–Crippen LogP) is 4.33. The van der Waals surface area contributed by atoms with Crippen LogP contribution in [-0.2, 0) is 4.74 Å². The summed E-state index contributed by atoms with van der Waals surface area (Å²) in [4.78, 5) is 14.0. The molecule has 1 aliphatic rings. The average molecular weight is 387 g/mol. The van der Waals surface area contributed by atoms with Crippen LogP contribution in [0.2, 0.25) is 0 Å². The number of morpholine rings is 1. The van der Waals surface area contributed by atoms with E-state index in [1.165, 1.54) is 12.0 Å². The summed E-state index contributed by atoms with van der Waals surface area (Å²) in [5, 5.41) is 4.40. The summed E-state index contributed by atoms with van der Waals surface area (Å²) in [6, 6.07) is 18.0. The summed E-state index contributed by atoms with van der Waals surface area (Å²) in [5.74, 6) is 1.90. The zero-order valence-electron chi connectivity index (χ0n) is 15.8. The molecule has 146 valence electrons. The predicted molar refractivity (Wildman–Crippen MR) is 113 cm³/mol. The van der Waals surface area contributed by atoms with Gasteiger partial charge in [0.2, 0.25) is 5.88 Å². The van der Waals surface area contributed by atoms with E-state index in [4.69, 9.17) is 9.47 Å². The number of rotatable bonds is 5. The molecule has 7 heteroatoms. The summed E-state index contributed by atoms with van der Waals surface area (Å²) >= 11 is 0. The van der Waals surface area contributed by atoms with Crippen LogP contribution in [0.1, 0.15) is 0 Å². The lowest BCUT2D eigenvalue weighted by atomic mass is 10.2. The molecule has 2 N–H and O–H groups in total. The first-order chi connectivity index (χ1) is 14.3. The molecule has 0 amide bonds. The molecule has 5 rings (SSSR count). The van der Waals surface area contributed by atoms with E-state index in [-0.39, 0.29) is 0 Å². The van der Waals surface area contributed by atoms with E-state index in [9.17, 15) is 0 Å². The molecule has 2 aromatic heterocycles. The third-order valence-corrected chi connectivity index (χ3v) is 4.91. The highest BCUT2D eigenvalue weighted by molar-refractivity contribution is 5.80. The lowest BCUT2D eigenvalue weighted by Gasteiger charge is -2.28. The van der Waals surface area contributed by atoms with Crippen LogP contribution in [0.25, 0.3) is 10.9 Å². The van der Waals surface area contributed by atoms with E-state index < -0.39 is 0 Å². The van der Waals surface area contributed by atoms with E-state index >= 15 is 0 Å². The van der Waals surface area contributed by atoms with Crippen molar-refractivity contribution in [3.8, 4) is 11.6 Å². The summed E-state index contributed by atoms with van der Waals surface area (Å²) in [7, 11) is 0. The van der Waals surface area contributed by atoms with Crippen molar-refractivity contribution in [3.63, 3.8) is 0 Å². The second kappa shape index (κ2) is 7.81. The molecule has 0 radical (unpaired) electrons. The van der Waals surface area contributed by atoms with Crippen LogP contribution in [-0.4, -0.2) is 41.3 Å². The number of nitrogens with zero attached hydrogens (tertiary/aromatic N) is 3. The quantitative estimate of drug-likeness (QED) is 0.531. The smallest absolute Gasteiger partial charge is 0.224 e. The molecule has 0 aliphatic carbocycles. The minimum atomic E-state index is 0.488. The van der Waals surface area contributed by atoms with Gasteiger partial charge in [-0.1, -0.05) is 0 Å². The summed E-state index contributed by atoms with van der Waals surface area (Å²) in [6.07, 6.45) is 3.40. The SMILES string of the molecule is c1nc(Nc2ccc(N3CCOCC3)cc2)cc(Oc2ccc3[nH]ccc3c2)n1. The van der Waals surface area contributed by atoms with Gasteiger partial charge in [-0.3, -0.25) is 0 Å². The second-order valence-corrected chi connectivity index (χ2v) is 6.84. The molecule has 0 spiro atoms. The van der Waals surface area contributed by atoms with Gasteiger partial charge in [-0.2, -0.15) is 0 Å². The Balaban J connectivity index is 1.28. The third kappa shape index (κ3) is 4.00. The van der Waals surface area contributed by atoms with Gasteiger partial charge in [0, 0.05) is 47.6 Å². The molecule has 0 unspecified atom stereocenters. The number of ether oxygens (including phenoxy) is 2. The lowest BCUT2D eigenvalue weighted by molar-refractivity contribution is 0.122. The monoisotopic (exact) mass is 387 g/mol. The van der Waals surface area contributed by atoms with Crippen molar-refractivity contribution in [2.24, 2.45) is 0 Å². The van der Waals surface area contributed by atoms with Crippen molar-refractivity contribution in [1.29, 1.82) is 0 Å². The zero-order valence-corrected chi connectivity index (χ0v) is 15.8. The van der Waals surface area contributed by atoms with Crippen molar-refractivity contribution >= 4 is 28.1 Å². The highest BCUT2D eigenvalue weighted by Gasteiger charge is 2.11. The number of H-pyrrole nitrogens is 1. The first kappa shape index (κ1) is 17.5. The normalized spacial score (nSPS) is 14.1. The number of nitrogens with one attached hydrogen (secondary N) is 2. The van der Waals surface area contributed by atoms with Gasteiger partial charge >= 0.3 is 0 Å². The number of hydrogen-bond donors (Lipinski definition) is 2. The van der Waals surface area contributed by atoms with Crippen LogP contribution in [0, 0.1) is 0 Å². The highest BCUT2D eigenvalue weighted by atomic mass is 16.5. The molecule has 29 heavy (non-hydrogen) atoms. The van der Waals surface area contributed by atoms with Gasteiger partial charge < -0.3 is 24.7 Å². The molecule has 0 saturated carbocycles. The second-order valence-electron chi connectivity index (χ2n) is 6.84. The van der Waals surface area contributed by atoms with E-state index in [1.807, 2.05) is 42.6 Å². The number of anilines is 3. The molecule has 2 aromatic carbocycles. The third-order valence-electron chi connectivity index (χ3n) is 4.91. The molecular weight excluding hydrogens is 366 g/mol. The Morgan fingerprint density at radius 3 is 2.69 bits per heavy atom. The first-order valence-electron chi connectivity index (χ1n) is 9.60. The zero-order chi connectivity index (χ0) is 19.5. The molecule has 1 aliphatic heterocycles. The molecule has 7 nitrogen and oxygen atoms in total. The van der Waals surface area contributed by atoms with Crippen LogP contribution >= 0.6 is 0 Å². The molecule has 0 atom stereocenters. The fourth-order valence-electron chi connectivity index (χ4n) is 3.40. The molecule has 4 aromatic rings. The number of fused-ring (bicyclic) bond motifs is 1. The molecule has 0 bridgehead atoms. The minimum absolute atomic E-state index is 0.488. The number of benzene rings is 2. The van der Waals surface area contributed by atoms with Gasteiger partial charge in [0.15, 0.2) is 0 Å². The Kier molecular flexibility index (Phi) is 4.72. The fourth-order valence-corrected chi connectivity index (χ4v) is 3.40. The maximum atomic E-state index is 5.91. The Hall–Kier alpha value is -3.58. The van der Waals surface area contributed by atoms with Gasteiger partial charge in [0.25, 0.3) is 0 Å². The Labute approximate surface area is 168 Å². The lowest BCUT2D eigenvalue weighted by Crippen LogP contribution is -2.36. The van der Waals surface area contributed by atoms with Crippen molar-refractivity contribution < 1.29 is 9.47 Å². The Bertz CT molecular complexity index is 1100. The average Bonchev–Trinajstić information content (AvgIpc) is 3.23. The number of aromatic amines is 1. The van der Waals surface area contributed by atoms with Gasteiger partial charge in [-0.25, -0.2) is 9.97 Å². The van der Waals surface area contributed by atoms with Crippen LogP contribution in [0.4, 0.5) is 17.2 Å². The largest absolute Gasteiger partial charge is 0.439 e. The first-order valence-corrected chi connectivity index (χ1v) is 9.60. The molecule has 1 fully saturated rings. The van der Waals surface area contributed by atoms with Gasteiger partial charge in [-0.15, -0.1) is 0 Å². The van der Waals surface area contributed by atoms with Crippen LogP contribution in [0.3, 0.4) is 0 Å². The topological polar surface area (TPSA) is 75.3 Å². The summed E-state index contributed by atoms with van der Waals surface area (Å²) < 4.78 is 11.3. The van der Waals surface area contributed by atoms with E-state index in [2.05, 4.69) is 37.3 Å². The standard InChI is InChI=1S/C22H21N5O2/c1-3-18(27-9-11-28-12-10-27)4-2-17(1)26-21-14-22(25-15-24-21)29-19-5-6-20-16(13-19)7-8-23-20/h1-8,13-15,23H,9-12H2,(H,24,25,26). The van der Waals surface area contributed by atoms with E-state index in [1.54, 1.807) is 6.07 Å². The Morgan fingerprint density at radius 1 is 0.966 bits per heavy atom. The van der Waals surface area contributed by atoms with Crippen molar-refractivity contribution in [2.45, 2.75) is 0 Å².